The van der Waals surface area contributed by atoms with Gasteiger partial charge >= 0.3 is 6.18 Å². The number of hydrogen-bond acceptors (Lipinski definition) is 10. The molecule has 50 heavy (non-hydrogen) atoms. The maximum atomic E-state index is 14.1. The molecular formula is C34H44F3N11OS. The number of fused-ring (bicyclic) bond motifs is 1. The summed E-state index contributed by atoms with van der Waals surface area (Å²) in [5, 5.41) is 19.5. The van der Waals surface area contributed by atoms with Gasteiger partial charge in [0.1, 0.15) is 0 Å². The summed E-state index contributed by atoms with van der Waals surface area (Å²) < 4.78 is 45.2. The number of aromatic nitrogens is 6. The molecular weight excluding hydrogens is 668 g/mol. The zero-order chi connectivity index (χ0) is 35.5. The van der Waals surface area contributed by atoms with Crippen molar-refractivity contribution in [2.75, 3.05) is 44.6 Å². The second kappa shape index (κ2) is 17.5. The topological polar surface area (TPSA) is 152 Å². The van der Waals surface area contributed by atoms with E-state index in [1.54, 1.807) is 28.1 Å². The quantitative estimate of drug-likeness (QED) is 0.0732. The predicted molar refractivity (Wildman–Crippen MR) is 190 cm³/mol. The molecule has 6 N–H and O–H groups in total. The smallest absolute Gasteiger partial charge is 0.352 e. The molecule has 0 fully saturated rings. The van der Waals surface area contributed by atoms with Crippen molar-refractivity contribution in [3.63, 3.8) is 0 Å². The first-order valence-corrected chi connectivity index (χ1v) is 17.7. The molecule has 5 aromatic rings. The van der Waals surface area contributed by atoms with Crippen molar-refractivity contribution >= 4 is 34.4 Å². The van der Waals surface area contributed by atoms with E-state index < -0.39 is 11.9 Å². The number of nitrogens with one attached hydrogen (secondary N) is 4. The molecule has 0 aliphatic carbocycles. The summed E-state index contributed by atoms with van der Waals surface area (Å²) in [5.74, 6) is 0.216. The molecule has 12 nitrogen and oxygen atoms in total. The minimum absolute atomic E-state index is 0.101. The number of alkyl halides is 3. The van der Waals surface area contributed by atoms with Gasteiger partial charge in [-0.1, -0.05) is 6.92 Å². The number of hydrogen-bond donors (Lipinski definition) is 5. The number of thiazole rings is 1. The van der Waals surface area contributed by atoms with Crippen LogP contribution in [0.2, 0.25) is 0 Å². The molecule has 0 unspecified atom stereocenters. The molecule has 5 rings (SSSR count). The number of unbranched alkanes of at least 4 members (excludes halogenated alkanes) is 1. The highest BCUT2D eigenvalue weighted by Crippen LogP contribution is 2.37. The lowest BCUT2D eigenvalue weighted by Crippen LogP contribution is -2.28. The Labute approximate surface area is 293 Å². The average Bonchev–Trinajstić information content (AvgIpc) is 3.83. The normalized spacial score (nSPS) is 11.8. The van der Waals surface area contributed by atoms with Crippen LogP contribution in [0.5, 0.6) is 0 Å². The number of anilines is 2. The van der Waals surface area contributed by atoms with Crippen molar-refractivity contribution in [1.82, 2.24) is 45.1 Å². The number of aryl methyl sites for hydroxylation is 2. The second-order valence-electron chi connectivity index (χ2n) is 11.9. The van der Waals surface area contributed by atoms with E-state index in [1.165, 1.54) is 34.6 Å². The highest BCUT2D eigenvalue weighted by Gasteiger charge is 2.38. The highest BCUT2D eigenvalue weighted by molar-refractivity contribution is 7.09. The van der Waals surface area contributed by atoms with E-state index in [1.807, 2.05) is 19.9 Å². The van der Waals surface area contributed by atoms with Gasteiger partial charge in [-0.15, -0.1) is 11.3 Å². The molecule has 0 bridgehead atoms. The number of carbonyl (C=O) groups excluding carboxylic acids is 1. The average molecular weight is 712 g/mol. The van der Waals surface area contributed by atoms with Crippen LogP contribution in [0.25, 0.3) is 16.9 Å². The number of benzene rings is 1. The molecule has 0 saturated carbocycles. The van der Waals surface area contributed by atoms with Gasteiger partial charge in [-0.25, -0.2) is 15.0 Å². The molecule has 1 aromatic carbocycles. The van der Waals surface area contributed by atoms with Crippen LogP contribution in [0.1, 0.15) is 64.9 Å². The fraction of sp³-hybridized carbons (Fsp3) is 0.441. The third-order valence-electron chi connectivity index (χ3n) is 8.05. The van der Waals surface area contributed by atoms with Gasteiger partial charge in [0.05, 0.1) is 34.7 Å². The van der Waals surface area contributed by atoms with E-state index in [-0.39, 0.29) is 23.7 Å². The molecule has 0 spiro atoms. The number of imidazole rings is 1. The molecule has 0 aliphatic heterocycles. The molecule has 1 amide bonds. The van der Waals surface area contributed by atoms with Gasteiger partial charge in [0.25, 0.3) is 5.91 Å². The summed E-state index contributed by atoms with van der Waals surface area (Å²) >= 11 is 1.43. The molecule has 4 heterocycles. The number of halogens is 3. The van der Waals surface area contributed by atoms with Crippen molar-refractivity contribution in [1.29, 1.82) is 0 Å². The number of nitrogens with two attached hydrogens (primary N) is 1. The third kappa shape index (κ3) is 9.65. The summed E-state index contributed by atoms with van der Waals surface area (Å²) in [6.45, 7) is 8.92. The zero-order valence-corrected chi connectivity index (χ0v) is 29.1. The van der Waals surface area contributed by atoms with E-state index in [0.717, 1.165) is 62.4 Å². The molecule has 268 valence electrons. The lowest BCUT2D eigenvalue weighted by Gasteiger charge is -2.13. The van der Waals surface area contributed by atoms with Crippen LogP contribution in [0.3, 0.4) is 0 Å². The summed E-state index contributed by atoms with van der Waals surface area (Å²) in [6, 6.07) is 5.42. The first kappa shape index (κ1) is 36.9. The minimum Gasteiger partial charge on any atom is -0.352 e. The standard InChI is InChI=1S/C34H44F3N11OS/c1-3-24-18-25(8-9-27(24)33(49)42-15-7-14-40-12-5-4-11-39-13-6-10-38)45-31-32-43-19-29(48(32)17-16-41-31)28-21-47(46-30(28)34(35,36)37)20-26-22-50-23(2)44-26/h8-9,16-19,21-22,39-40H,3-7,10-15,20,38H2,1-2H3,(H,41,45)(H,42,49). The Balaban J connectivity index is 1.21. The van der Waals surface area contributed by atoms with Crippen molar-refractivity contribution < 1.29 is 18.0 Å². The van der Waals surface area contributed by atoms with Crippen LogP contribution in [0, 0.1) is 6.92 Å². The SMILES string of the molecule is CCc1cc(Nc2nccn3c(-c4cn(Cc5csc(C)n5)nc4C(F)(F)F)cnc23)ccc1C(=O)NCCCNCCCCNCCCN. The van der Waals surface area contributed by atoms with Crippen LogP contribution in [-0.2, 0) is 19.1 Å². The lowest BCUT2D eigenvalue weighted by molar-refractivity contribution is -0.141. The predicted octanol–water partition coefficient (Wildman–Crippen LogP) is 5.16. The molecule has 16 heteroatoms. The van der Waals surface area contributed by atoms with E-state index in [9.17, 15) is 18.0 Å². The van der Waals surface area contributed by atoms with Gasteiger partial charge in [-0.3, -0.25) is 13.9 Å². The van der Waals surface area contributed by atoms with E-state index in [4.69, 9.17) is 5.73 Å². The Kier molecular flexibility index (Phi) is 12.9. The number of carbonyl (C=O) groups is 1. The van der Waals surface area contributed by atoms with Gasteiger partial charge in [-0.2, -0.15) is 18.3 Å². The Hall–Kier alpha value is -4.38. The number of rotatable bonds is 19. The zero-order valence-electron chi connectivity index (χ0n) is 28.3. The summed E-state index contributed by atoms with van der Waals surface area (Å²) in [6.07, 6.45) is 5.77. The number of amides is 1. The number of nitrogens with zero attached hydrogens (tertiary/aromatic N) is 6. The van der Waals surface area contributed by atoms with Gasteiger partial charge in [0, 0.05) is 41.8 Å². The van der Waals surface area contributed by atoms with Crippen molar-refractivity contribution in [2.24, 2.45) is 5.73 Å². The fourth-order valence-corrected chi connectivity index (χ4v) is 6.17. The summed E-state index contributed by atoms with van der Waals surface area (Å²) in [7, 11) is 0. The molecule has 0 radical (unpaired) electrons. The largest absolute Gasteiger partial charge is 0.435 e. The van der Waals surface area contributed by atoms with Gasteiger partial charge in [0.15, 0.2) is 17.2 Å². The van der Waals surface area contributed by atoms with Crippen molar-refractivity contribution in [3.05, 3.63) is 75.9 Å². The monoisotopic (exact) mass is 711 g/mol. The van der Waals surface area contributed by atoms with E-state index in [0.29, 0.717) is 47.9 Å². The Morgan fingerprint density at radius 1 is 1.02 bits per heavy atom. The molecule has 0 aliphatic rings. The van der Waals surface area contributed by atoms with Crippen LogP contribution >= 0.6 is 11.3 Å². The first-order chi connectivity index (χ1) is 24.2. The van der Waals surface area contributed by atoms with Gasteiger partial charge in [-0.05, 0) is 95.5 Å². The van der Waals surface area contributed by atoms with Crippen LogP contribution < -0.4 is 27.0 Å². The summed E-state index contributed by atoms with van der Waals surface area (Å²) in [4.78, 5) is 26.2. The highest BCUT2D eigenvalue weighted by atomic mass is 32.1. The van der Waals surface area contributed by atoms with Gasteiger partial charge in [0.2, 0.25) is 0 Å². The molecule has 4 aromatic heterocycles. The van der Waals surface area contributed by atoms with Crippen LogP contribution in [0.4, 0.5) is 24.7 Å². The first-order valence-electron chi connectivity index (χ1n) is 16.9. The molecule has 0 atom stereocenters. The Bertz CT molecular complexity index is 1850. The van der Waals surface area contributed by atoms with Crippen LogP contribution in [-0.4, -0.2) is 74.3 Å². The van der Waals surface area contributed by atoms with Crippen LogP contribution in [0.15, 0.2) is 48.4 Å². The molecule has 0 saturated heterocycles. The fourth-order valence-electron chi connectivity index (χ4n) is 5.56. The Morgan fingerprint density at radius 2 is 1.78 bits per heavy atom. The third-order valence-corrected chi connectivity index (χ3v) is 8.87. The summed E-state index contributed by atoms with van der Waals surface area (Å²) in [5.41, 5.74) is 7.69. The van der Waals surface area contributed by atoms with E-state index >= 15 is 0 Å². The van der Waals surface area contributed by atoms with Gasteiger partial charge < -0.3 is 27.0 Å². The van der Waals surface area contributed by atoms with Crippen molar-refractivity contribution in [3.8, 4) is 11.3 Å². The maximum Gasteiger partial charge on any atom is 0.435 e. The second-order valence-corrected chi connectivity index (χ2v) is 12.9. The maximum absolute atomic E-state index is 14.1. The Morgan fingerprint density at radius 3 is 2.48 bits per heavy atom. The van der Waals surface area contributed by atoms with Crippen molar-refractivity contribution in [2.45, 2.75) is 58.7 Å². The van der Waals surface area contributed by atoms with E-state index in [2.05, 4.69) is 41.3 Å². The minimum atomic E-state index is -4.68. The lowest BCUT2D eigenvalue weighted by atomic mass is 10.0.